The molecule has 0 aliphatic carbocycles. The maximum atomic E-state index is 2.50. The Morgan fingerprint density at radius 2 is 0.613 bits per heavy atom. The van der Waals surface area contributed by atoms with Gasteiger partial charge in [0.05, 0.1) is 17.6 Å². The summed E-state index contributed by atoms with van der Waals surface area (Å²) in [6.07, 6.45) is 0. The van der Waals surface area contributed by atoms with Crippen molar-refractivity contribution < 1.29 is 0 Å². The first-order chi connectivity index (χ1) is 13.0. The van der Waals surface area contributed by atoms with Gasteiger partial charge < -0.3 is 0 Å². The molecule has 0 amide bonds. The van der Waals surface area contributed by atoms with E-state index in [0.29, 0.717) is 35.6 Å². The molecule has 0 bridgehead atoms. The fourth-order valence-corrected chi connectivity index (χ4v) is 24.3. The van der Waals surface area contributed by atoms with Crippen molar-refractivity contribution in [3.05, 3.63) is 8.06 Å². The molecule has 4 radical (unpaired) electrons. The summed E-state index contributed by atoms with van der Waals surface area (Å²) in [6.45, 7) is 48.1. The van der Waals surface area contributed by atoms with Crippen LogP contribution in [0.15, 0.2) is 8.06 Å². The van der Waals surface area contributed by atoms with E-state index in [1.165, 1.54) is 0 Å². The van der Waals surface area contributed by atoms with E-state index in [4.69, 9.17) is 0 Å². The van der Waals surface area contributed by atoms with Crippen LogP contribution in [0.1, 0.15) is 83.1 Å². The topological polar surface area (TPSA) is 0 Å². The first-order valence-corrected chi connectivity index (χ1v) is 25.3. The molecule has 0 aromatic rings. The summed E-state index contributed by atoms with van der Waals surface area (Å²) in [4.78, 5) is 0. The van der Waals surface area contributed by atoms with Crippen LogP contribution in [0.3, 0.4) is 0 Å². The molecular formula is C26H60GeSi4. The SMILES string of the molecule is C[Si](C(C)(C)C)C(C)(C)C.C[Si](C(C)(C)C)C(C)(C)C.C[Si](C)(C)[C]1=[C]([Si](C)(C)C)[Ge]1. The zero-order valence-electron chi connectivity index (χ0n) is 25.5. The molecular weight excluding hydrogens is 497 g/mol. The predicted molar refractivity (Wildman–Crippen MR) is 162 cm³/mol. The van der Waals surface area contributed by atoms with Crippen LogP contribution in [0.25, 0.3) is 0 Å². The second kappa shape index (κ2) is 11.3. The summed E-state index contributed by atoms with van der Waals surface area (Å²) < 4.78 is 4.02. The Kier molecular flexibility index (Phi) is 12.5. The molecule has 0 saturated carbocycles. The van der Waals surface area contributed by atoms with Gasteiger partial charge >= 0.3 is 78.9 Å². The van der Waals surface area contributed by atoms with E-state index in [1.807, 2.05) is 8.06 Å². The van der Waals surface area contributed by atoms with Gasteiger partial charge in [0.2, 0.25) is 0 Å². The van der Waals surface area contributed by atoms with Crippen molar-refractivity contribution in [1.82, 2.24) is 0 Å². The van der Waals surface area contributed by atoms with Gasteiger partial charge in [-0.1, -0.05) is 96.2 Å². The molecule has 0 atom stereocenters. The Hall–Kier alpha value is 1.15. The van der Waals surface area contributed by atoms with Gasteiger partial charge in [0.25, 0.3) is 0 Å². The van der Waals surface area contributed by atoms with Crippen molar-refractivity contribution in [2.75, 3.05) is 0 Å². The summed E-state index contributed by atoms with van der Waals surface area (Å²) in [5.41, 5.74) is 0. The second-order valence-corrected chi connectivity index (χ2v) is 38.8. The average molecular weight is 558 g/mol. The third kappa shape index (κ3) is 14.2. The number of hydrogen-bond donors (Lipinski definition) is 0. The molecule has 0 aromatic heterocycles. The van der Waals surface area contributed by atoms with Crippen LogP contribution in [0.5, 0.6) is 0 Å². The molecule has 31 heavy (non-hydrogen) atoms. The standard InChI is InChI=1S/2C9H21Si.C8H18GeSi2/c2*1-8(2,3)10(7)9(4,5)6;1-10(2,3)7-8(9-7)11(4,5)6/h2*1-7H3;1-6H3. The van der Waals surface area contributed by atoms with Gasteiger partial charge in [0, 0.05) is 0 Å². The molecule has 1 aliphatic heterocycles. The van der Waals surface area contributed by atoms with Crippen molar-refractivity contribution in [3.63, 3.8) is 0 Å². The average Bonchev–Trinajstić information content (AvgIpc) is 3.23. The van der Waals surface area contributed by atoms with Crippen LogP contribution in [0.4, 0.5) is 0 Å². The zero-order chi connectivity index (χ0) is 26.0. The van der Waals surface area contributed by atoms with E-state index >= 15 is 0 Å². The Labute approximate surface area is 211 Å². The van der Waals surface area contributed by atoms with E-state index in [-0.39, 0.29) is 17.6 Å². The Morgan fingerprint density at radius 1 is 0.452 bits per heavy atom. The van der Waals surface area contributed by atoms with Crippen LogP contribution in [-0.2, 0) is 0 Å². The Morgan fingerprint density at radius 3 is 0.645 bits per heavy atom. The summed E-state index contributed by atoms with van der Waals surface area (Å²) in [7, 11) is -2.09. The molecule has 0 spiro atoms. The van der Waals surface area contributed by atoms with Gasteiger partial charge in [-0.2, -0.15) is 0 Å². The van der Waals surface area contributed by atoms with Crippen LogP contribution in [0.2, 0.25) is 72.5 Å². The molecule has 0 saturated heterocycles. The summed E-state index contributed by atoms with van der Waals surface area (Å²) in [5.74, 6) is 0. The van der Waals surface area contributed by atoms with E-state index in [1.54, 1.807) is 0 Å². The van der Waals surface area contributed by atoms with Gasteiger partial charge in [0.1, 0.15) is 0 Å². The van der Waals surface area contributed by atoms with E-state index < -0.39 is 16.1 Å². The molecule has 1 rings (SSSR count). The Bertz CT molecular complexity index is 500. The van der Waals surface area contributed by atoms with Crippen LogP contribution < -0.4 is 0 Å². The van der Waals surface area contributed by atoms with Gasteiger partial charge in [-0.05, 0) is 20.2 Å². The van der Waals surface area contributed by atoms with Gasteiger partial charge in [-0.25, -0.2) is 0 Å². The summed E-state index contributed by atoms with van der Waals surface area (Å²) in [5, 5.41) is 2.18. The summed E-state index contributed by atoms with van der Waals surface area (Å²) >= 11 is 0.360. The number of rotatable bonds is 2. The fourth-order valence-electron chi connectivity index (χ4n) is 3.47. The maximum absolute atomic E-state index is 2.50. The van der Waals surface area contributed by atoms with Crippen LogP contribution in [0, 0.1) is 0 Å². The van der Waals surface area contributed by atoms with Crippen molar-refractivity contribution in [2.24, 2.45) is 0 Å². The van der Waals surface area contributed by atoms with Crippen molar-refractivity contribution in [1.29, 1.82) is 0 Å². The number of hydrogen-bond acceptors (Lipinski definition) is 0. The minimum atomic E-state index is -0.826. The molecule has 5 heteroatoms. The van der Waals surface area contributed by atoms with Gasteiger partial charge in [-0.3, -0.25) is 0 Å². The van der Waals surface area contributed by atoms with E-state index in [0.717, 1.165) is 0 Å². The molecule has 184 valence electrons. The van der Waals surface area contributed by atoms with Crippen molar-refractivity contribution >= 4 is 49.2 Å². The van der Waals surface area contributed by atoms with Crippen molar-refractivity contribution in [2.45, 2.75) is 156 Å². The van der Waals surface area contributed by atoms with Crippen molar-refractivity contribution in [3.8, 4) is 0 Å². The minimum absolute atomic E-state index is 0.221. The van der Waals surface area contributed by atoms with Crippen LogP contribution >= 0.6 is 0 Å². The zero-order valence-corrected chi connectivity index (χ0v) is 31.6. The quantitative estimate of drug-likeness (QED) is 0.296. The third-order valence-electron chi connectivity index (χ3n) is 6.44. The monoisotopic (exact) mass is 558 g/mol. The van der Waals surface area contributed by atoms with Gasteiger partial charge in [-0.15, -0.1) is 0 Å². The van der Waals surface area contributed by atoms with E-state index in [9.17, 15) is 0 Å². The molecule has 1 aliphatic rings. The third-order valence-corrected chi connectivity index (χ3v) is 32.6. The fraction of sp³-hybridized carbons (Fsp3) is 0.923. The van der Waals surface area contributed by atoms with E-state index in [2.05, 4.69) is 135 Å². The molecule has 0 nitrogen and oxygen atoms in total. The molecule has 0 fully saturated rings. The predicted octanol–water partition coefficient (Wildman–Crippen LogP) is 10.1. The summed E-state index contributed by atoms with van der Waals surface area (Å²) in [6, 6.07) is 0. The first-order valence-electron chi connectivity index (χ1n) is 12.2. The normalized spacial score (nSPS) is 16.1. The Balaban J connectivity index is 0. The molecule has 0 aromatic carbocycles. The molecule has 0 N–H and O–H groups in total. The van der Waals surface area contributed by atoms with Crippen LogP contribution in [-0.4, -0.2) is 49.2 Å². The molecule has 1 heterocycles. The first kappa shape index (κ1) is 34.3. The molecule has 0 unspecified atom stereocenters. The second-order valence-electron chi connectivity index (χ2n) is 15.6. The van der Waals surface area contributed by atoms with Gasteiger partial charge in [0.15, 0.2) is 0 Å².